The van der Waals surface area contributed by atoms with E-state index in [1.54, 1.807) is 18.2 Å². The number of nitrogens with zero attached hydrogens (tertiary/aromatic N) is 1. The minimum atomic E-state index is -0.957. The maximum atomic E-state index is 11.8. The Morgan fingerprint density at radius 1 is 1.32 bits per heavy atom. The van der Waals surface area contributed by atoms with Gasteiger partial charge in [0.2, 0.25) is 0 Å². The van der Waals surface area contributed by atoms with E-state index in [9.17, 15) is 9.59 Å². The maximum Gasteiger partial charge on any atom is 0.303 e. The van der Waals surface area contributed by atoms with Gasteiger partial charge in [0.25, 0.3) is 0 Å². The molecule has 2 N–H and O–H groups in total. The van der Waals surface area contributed by atoms with E-state index in [0.29, 0.717) is 5.56 Å². The Balaban J connectivity index is 2.20. The third kappa shape index (κ3) is 3.19. The fourth-order valence-corrected chi connectivity index (χ4v) is 1.96. The van der Waals surface area contributed by atoms with E-state index in [1.165, 1.54) is 0 Å². The van der Waals surface area contributed by atoms with Gasteiger partial charge in [0.15, 0.2) is 5.78 Å². The number of aliphatic carboxylic acids is 1. The first-order valence-corrected chi connectivity index (χ1v) is 6.33. The third-order valence-electron chi connectivity index (χ3n) is 2.91. The van der Waals surface area contributed by atoms with Gasteiger partial charge < -0.3 is 10.1 Å². The highest BCUT2D eigenvalue weighted by Gasteiger charge is 2.10. The Hall–Kier alpha value is -2.17. The Labute approximate surface area is 110 Å². The topological polar surface area (TPSA) is 83.1 Å². The summed E-state index contributed by atoms with van der Waals surface area (Å²) in [6.45, 7) is 2.08. The molecule has 0 fully saturated rings. The highest BCUT2D eigenvalue weighted by molar-refractivity contribution is 5.99. The molecule has 0 aliphatic rings. The molecular weight excluding hydrogens is 244 g/mol. The number of benzene rings is 1. The molecule has 0 spiro atoms. The minimum absolute atomic E-state index is 0.0246. The van der Waals surface area contributed by atoms with E-state index < -0.39 is 5.97 Å². The number of imidazole rings is 1. The van der Waals surface area contributed by atoms with Gasteiger partial charge in [-0.3, -0.25) is 9.59 Å². The Morgan fingerprint density at radius 3 is 2.79 bits per heavy atom. The van der Waals surface area contributed by atoms with Crippen molar-refractivity contribution in [1.82, 2.24) is 9.97 Å². The fraction of sp³-hybridized carbons (Fsp3) is 0.357. The van der Waals surface area contributed by atoms with Gasteiger partial charge in [-0.05, 0) is 24.6 Å². The molecule has 1 aromatic carbocycles. The number of ketones is 1. The number of H-pyrrole nitrogens is 1. The molecule has 0 aliphatic heterocycles. The van der Waals surface area contributed by atoms with E-state index in [-0.39, 0.29) is 18.6 Å². The van der Waals surface area contributed by atoms with Crippen molar-refractivity contribution in [3.63, 3.8) is 0 Å². The normalized spacial score (nSPS) is 10.8. The van der Waals surface area contributed by atoms with Gasteiger partial charge in [0.1, 0.15) is 5.82 Å². The van der Waals surface area contributed by atoms with Crippen molar-refractivity contribution < 1.29 is 14.7 Å². The monoisotopic (exact) mass is 260 g/mol. The summed E-state index contributed by atoms with van der Waals surface area (Å²) in [6, 6.07) is 5.23. The lowest BCUT2D eigenvalue weighted by Crippen LogP contribution is -2.03. The van der Waals surface area contributed by atoms with Crippen LogP contribution >= 0.6 is 0 Å². The zero-order valence-electron chi connectivity index (χ0n) is 10.8. The van der Waals surface area contributed by atoms with Crippen LogP contribution in [0.3, 0.4) is 0 Å². The van der Waals surface area contributed by atoms with Crippen molar-refractivity contribution in [2.75, 3.05) is 0 Å². The van der Waals surface area contributed by atoms with Crippen molar-refractivity contribution in [1.29, 1.82) is 0 Å². The van der Waals surface area contributed by atoms with E-state index >= 15 is 0 Å². The number of carboxylic acid groups (broad SMARTS) is 1. The van der Waals surface area contributed by atoms with Gasteiger partial charge in [-0.15, -0.1) is 0 Å². The number of nitrogens with one attached hydrogen (secondary N) is 1. The number of aromatic nitrogens is 2. The Bertz CT molecular complexity index is 616. The van der Waals surface area contributed by atoms with Crippen molar-refractivity contribution in [3.8, 4) is 0 Å². The molecule has 0 unspecified atom stereocenters. The van der Waals surface area contributed by atoms with E-state index in [2.05, 4.69) is 16.9 Å². The average Bonchev–Trinajstić information content (AvgIpc) is 2.77. The number of hydrogen-bond donors (Lipinski definition) is 2. The lowest BCUT2D eigenvalue weighted by molar-refractivity contribution is -0.136. The number of hydrogen-bond acceptors (Lipinski definition) is 3. The van der Waals surface area contributed by atoms with Crippen LogP contribution in [0.2, 0.25) is 0 Å². The van der Waals surface area contributed by atoms with Crippen LogP contribution < -0.4 is 0 Å². The van der Waals surface area contributed by atoms with Crippen LogP contribution in [0, 0.1) is 0 Å². The highest BCUT2D eigenvalue weighted by atomic mass is 16.4. The number of Topliss-reactive ketones (excluding diaryl/α,β-unsaturated/α-hetero) is 1. The van der Waals surface area contributed by atoms with Gasteiger partial charge >= 0.3 is 5.97 Å². The average molecular weight is 260 g/mol. The van der Waals surface area contributed by atoms with Crippen molar-refractivity contribution in [2.24, 2.45) is 0 Å². The van der Waals surface area contributed by atoms with Crippen LogP contribution in [-0.2, 0) is 11.2 Å². The van der Waals surface area contributed by atoms with Gasteiger partial charge in [-0.1, -0.05) is 6.92 Å². The third-order valence-corrected chi connectivity index (χ3v) is 2.91. The van der Waals surface area contributed by atoms with E-state index in [4.69, 9.17) is 5.11 Å². The van der Waals surface area contributed by atoms with E-state index in [0.717, 1.165) is 29.7 Å². The van der Waals surface area contributed by atoms with Gasteiger partial charge in [-0.2, -0.15) is 0 Å². The highest BCUT2D eigenvalue weighted by Crippen LogP contribution is 2.16. The number of carbonyl (C=O) groups excluding carboxylic acids is 1. The zero-order valence-corrected chi connectivity index (χ0v) is 10.8. The van der Waals surface area contributed by atoms with Crippen LogP contribution in [0.4, 0.5) is 0 Å². The molecular formula is C14H16N2O3. The molecule has 0 atom stereocenters. The number of rotatable bonds is 6. The fourth-order valence-electron chi connectivity index (χ4n) is 1.96. The molecule has 0 saturated heterocycles. The quantitative estimate of drug-likeness (QED) is 0.782. The first-order valence-electron chi connectivity index (χ1n) is 6.33. The van der Waals surface area contributed by atoms with Crippen LogP contribution in [0.15, 0.2) is 18.2 Å². The molecule has 2 aromatic rings. The number of carbonyl (C=O) groups is 2. The summed E-state index contributed by atoms with van der Waals surface area (Å²) in [7, 11) is 0. The Morgan fingerprint density at radius 2 is 2.11 bits per heavy atom. The lowest BCUT2D eigenvalue weighted by Gasteiger charge is -1.98. The van der Waals surface area contributed by atoms with Crippen molar-refractivity contribution in [3.05, 3.63) is 29.6 Å². The Kier molecular flexibility index (Phi) is 3.94. The van der Waals surface area contributed by atoms with Gasteiger partial charge in [0, 0.05) is 18.4 Å². The summed E-state index contributed by atoms with van der Waals surface area (Å²) in [6.07, 6.45) is 1.76. The first kappa shape index (κ1) is 13.3. The summed E-state index contributed by atoms with van der Waals surface area (Å²) in [5.74, 6) is -0.204. The number of fused-ring (bicyclic) bond motifs is 1. The molecule has 0 amide bonds. The molecule has 2 rings (SSSR count). The molecule has 0 bridgehead atoms. The van der Waals surface area contributed by atoms with Crippen LogP contribution in [0.25, 0.3) is 11.0 Å². The summed E-state index contributed by atoms with van der Waals surface area (Å²) < 4.78 is 0. The second-order valence-corrected chi connectivity index (χ2v) is 4.48. The summed E-state index contributed by atoms with van der Waals surface area (Å²) in [4.78, 5) is 29.9. The molecule has 5 heteroatoms. The SMILES string of the molecule is CCCc1nc2ccc(C(=O)CCC(=O)O)cc2[nH]1. The summed E-state index contributed by atoms with van der Waals surface area (Å²) in [5, 5.41) is 8.58. The predicted octanol–water partition coefficient (Wildman–Crippen LogP) is 2.56. The minimum Gasteiger partial charge on any atom is -0.481 e. The number of aryl methyl sites for hydroxylation is 1. The van der Waals surface area contributed by atoms with Gasteiger partial charge in [0.05, 0.1) is 17.5 Å². The summed E-state index contributed by atoms with van der Waals surface area (Å²) in [5.41, 5.74) is 2.18. The predicted molar refractivity (Wildman–Crippen MR) is 71.3 cm³/mol. The summed E-state index contributed by atoms with van der Waals surface area (Å²) >= 11 is 0. The molecule has 19 heavy (non-hydrogen) atoms. The van der Waals surface area contributed by atoms with Crippen LogP contribution in [0.5, 0.6) is 0 Å². The first-order chi connectivity index (χ1) is 9.10. The molecule has 1 aromatic heterocycles. The molecule has 1 heterocycles. The molecule has 0 radical (unpaired) electrons. The smallest absolute Gasteiger partial charge is 0.303 e. The number of aromatic amines is 1. The van der Waals surface area contributed by atoms with E-state index in [1.807, 2.05) is 0 Å². The second kappa shape index (κ2) is 5.65. The largest absolute Gasteiger partial charge is 0.481 e. The lowest BCUT2D eigenvalue weighted by atomic mass is 10.1. The van der Waals surface area contributed by atoms with Crippen molar-refractivity contribution >= 4 is 22.8 Å². The second-order valence-electron chi connectivity index (χ2n) is 4.48. The zero-order chi connectivity index (χ0) is 13.8. The number of carboxylic acids is 1. The van der Waals surface area contributed by atoms with Crippen molar-refractivity contribution in [2.45, 2.75) is 32.6 Å². The van der Waals surface area contributed by atoms with Crippen LogP contribution in [0.1, 0.15) is 42.4 Å². The molecule has 100 valence electrons. The molecule has 0 aliphatic carbocycles. The van der Waals surface area contributed by atoms with Gasteiger partial charge in [-0.25, -0.2) is 4.98 Å². The standard InChI is InChI=1S/C14H16N2O3/c1-2-3-13-15-10-5-4-9(8-11(10)16-13)12(17)6-7-14(18)19/h4-5,8H,2-3,6-7H2,1H3,(H,15,16)(H,18,19). The molecule has 5 nitrogen and oxygen atoms in total. The van der Waals surface area contributed by atoms with Crippen LogP contribution in [-0.4, -0.2) is 26.8 Å². The molecule has 0 saturated carbocycles. The maximum absolute atomic E-state index is 11.8.